The molecular formula is C16H13N5O3. The van der Waals surface area contributed by atoms with Gasteiger partial charge in [-0.15, -0.1) is 0 Å². The summed E-state index contributed by atoms with van der Waals surface area (Å²) in [6.45, 7) is -0.475. The van der Waals surface area contributed by atoms with Crippen molar-refractivity contribution < 1.29 is 14.7 Å². The molecule has 0 aliphatic carbocycles. The maximum atomic E-state index is 11.6. The van der Waals surface area contributed by atoms with Gasteiger partial charge in [0.25, 0.3) is 0 Å². The van der Waals surface area contributed by atoms with Crippen LogP contribution >= 0.6 is 0 Å². The lowest BCUT2D eigenvalue weighted by atomic mass is 10.2. The monoisotopic (exact) mass is 323 g/mol. The smallest absolute Gasteiger partial charge is 0.323 e. The SMILES string of the molecule is O=C(O)CNC(=O)Nc1ccc2ncc(-c3ccccc3)nc2n1. The second-order valence-electron chi connectivity index (χ2n) is 4.86. The third-order valence-corrected chi connectivity index (χ3v) is 3.12. The maximum Gasteiger partial charge on any atom is 0.323 e. The number of nitrogens with one attached hydrogen (secondary N) is 2. The van der Waals surface area contributed by atoms with E-state index in [2.05, 4.69) is 25.6 Å². The summed E-state index contributed by atoms with van der Waals surface area (Å²) >= 11 is 0. The Morgan fingerprint density at radius 1 is 1.04 bits per heavy atom. The average Bonchev–Trinajstić information content (AvgIpc) is 2.60. The highest BCUT2D eigenvalue weighted by Crippen LogP contribution is 2.18. The molecule has 0 bridgehead atoms. The van der Waals surface area contributed by atoms with Crippen LogP contribution in [0.5, 0.6) is 0 Å². The van der Waals surface area contributed by atoms with Gasteiger partial charge in [0.1, 0.15) is 17.9 Å². The van der Waals surface area contributed by atoms with Crippen LogP contribution in [-0.4, -0.2) is 38.6 Å². The van der Waals surface area contributed by atoms with Crippen molar-refractivity contribution in [3.8, 4) is 11.3 Å². The van der Waals surface area contributed by atoms with Gasteiger partial charge in [-0.2, -0.15) is 0 Å². The lowest BCUT2D eigenvalue weighted by molar-refractivity contribution is -0.135. The predicted octanol–water partition coefficient (Wildman–Crippen LogP) is 1.90. The zero-order valence-electron chi connectivity index (χ0n) is 12.4. The van der Waals surface area contributed by atoms with Crippen LogP contribution in [0.15, 0.2) is 48.7 Å². The number of hydrogen-bond donors (Lipinski definition) is 3. The van der Waals surface area contributed by atoms with Gasteiger partial charge in [0.2, 0.25) is 0 Å². The van der Waals surface area contributed by atoms with E-state index in [1.807, 2.05) is 30.3 Å². The minimum Gasteiger partial charge on any atom is -0.480 e. The number of aromatic nitrogens is 3. The summed E-state index contributed by atoms with van der Waals surface area (Å²) in [6.07, 6.45) is 1.66. The minimum atomic E-state index is -1.13. The van der Waals surface area contributed by atoms with E-state index in [4.69, 9.17) is 5.11 Å². The molecule has 0 unspecified atom stereocenters. The first kappa shape index (κ1) is 15.3. The minimum absolute atomic E-state index is 0.255. The first-order valence-electron chi connectivity index (χ1n) is 7.08. The summed E-state index contributed by atoms with van der Waals surface area (Å²) in [4.78, 5) is 35.0. The van der Waals surface area contributed by atoms with Gasteiger partial charge in [-0.1, -0.05) is 30.3 Å². The molecule has 2 amide bonds. The average molecular weight is 323 g/mol. The number of amides is 2. The number of carboxylic acid groups (broad SMARTS) is 1. The number of carboxylic acids is 1. The fourth-order valence-corrected chi connectivity index (χ4v) is 2.03. The number of carbonyl (C=O) groups is 2. The van der Waals surface area contributed by atoms with Crippen LogP contribution < -0.4 is 10.6 Å². The van der Waals surface area contributed by atoms with E-state index in [-0.39, 0.29) is 5.82 Å². The normalized spacial score (nSPS) is 10.3. The van der Waals surface area contributed by atoms with Crippen LogP contribution in [0, 0.1) is 0 Å². The van der Waals surface area contributed by atoms with Crippen LogP contribution in [0.3, 0.4) is 0 Å². The van der Waals surface area contributed by atoms with E-state index in [1.54, 1.807) is 18.3 Å². The van der Waals surface area contributed by atoms with E-state index in [1.165, 1.54) is 0 Å². The Hall–Kier alpha value is -3.55. The van der Waals surface area contributed by atoms with Gasteiger partial charge in [0, 0.05) is 5.56 Å². The van der Waals surface area contributed by atoms with Crippen molar-refractivity contribution in [2.24, 2.45) is 0 Å². The van der Waals surface area contributed by atoms with E-state index in [9.17, 15) is 9.59 Å². The number of aliphatic carboxylic acids is 1. The molecule has 0 fully saturated rings. The van der Waals surface area contributed by atoms with Gasteiger partial charge in [-0.25, -0.2) is 14.8 Å². The van der Waals surface area contributed by atoms with Gasteiger partial charge in [0.15, 0.2) is 5.65 Å². The van der Waals surface area contributed by atoms with Crippen LogP contribution in [-0.2, 0) is 4.79 Å². The molecule has 120 valence electrons. The van der Waals surface area contributed by atoms with Crippen LogP contribution in [0.2, 0.25) is 0 Å². The number of carbonyl (C=O) groups excluding carboxylic acids is 1. The number of benzene rings is 1. The van der Waals surface area contributed by atoms with Gasteiger partial charge < -0.3 is 10.4 Å². The summed E-state index contributed by atoms with van der Waals surface area (Å²) in [7, 11) is 0. The molecule has 0 spiro atoms. The Kier molecular flexibility index (Phi) is 4.28. The van der Waals surface area contributed by atoms with Crippen LogP contribution in [0.1, 0.15) is 0 Å². The fraction of sp³-hybridized carbons (Fsp3) is 0.0625. The second-order valence-corrected chi connectivity index (χ2v) is 4.86. The van der Waals surface area contributed by atoms with Crippen LogP contribution in [0.25, 0.3) is 22.4 Å². The van der Waals surface area contributed by atoms with E-state index >= 15 is 0 Å². The van der Waals surface area contributed by atoms with E-state index < -0.39 is 18.5 Å². The molecular weight excluding hydrogens is 310 g/mol. The highest BCUT2D eigenvalue weighted by molar-refractivity contribution is 5.91. The van der Waals surface area contributed by atoms with Gasteiger partial charge in [-0.05, 0) is 12.1 Å². The molecule has 0 aliphatic heterocycles. The first-order valence-corrected chi connectivity index (χ1v) is 7.08. The molecule has 0 atom stereocenters. The molecule has 2 aromatic heterocycles. The summed E-state index contributed by atoms with van der Waals surface area (Å²) in [5.74, 6) is -0.875. The molecule has 1 aromatic carbocycles. The van der Waals surface area contributed by atoms with Crippen molar-refractivity contribution in [3.63, 3.8) is 0 Å². The highest BCUT2D eigenvalue weighted by atomic mass is 16.4. The van der Waals surface area contributed by atoms with Crippen molar-refractivity contribution >= 4 is 29.0 Å². The molecule has 0 saturated heterocycles. The molecule has 3 aromatic rings. The molecule has 0 radical (unpaired) electrons. The molecule has 0 aliphatic rings. The quantitative estimate of drug-likeness (QED) is 0.675. The summed E-state index contributed by atoms with van der Waals surface area (Å²) < 4.78 is 0. The first-order chi connectivity index (χ1) is 11.6. The third-order valence-electron chi connectivity index (χ3n) is 3.12. The predicted molar refractivity (Wildman–Crippen MR) is 87.4 cm³/mol. The standard InChI is InChI=1S/C16H13N5O3/c22-14(23)9-18-16(24)21-13-7-6-11-15(20-13)19-12(8-17-11)10-4-2-1-3-5-10/h1-8H,9H2,(H,22,23)(H2,18,19,20,21,24). The topological polar surface area (TPSA) is 117 Å². The number of fused-ring (bicyclic) bond motifs is 1. The zero-order valence-corrected chi connectivity index (χ0v) is 12.4. The maximum absolute atomic E-state index is 11.6. The Bertz CT molecular complexity index is 899. The molecule has 0 saturated carbocycles. The zero-order chi connectivity index (χ0) is 16.9. The molecule has 24 heavy (non-hydrogen) atoms. The number of anilines is 1. The van der Waals surface area contributed by atoms with Gasteiger partial charge >= 0.3 is 12.0 Å². The Morgan fingerprint density at radius 2 is 1.83 bits per heavy atom. The van der Waals surface area contributed by atoms with E-state index in [0.29, 0.717) is 16.9 Å². The molecule has 8 nitrogen and oxygen atoms in total. The Labute approximate surface area is 136 Å². The third kappa shape index (κ3) is 3.61. The number of nitrogens with zero attached hydrogens (tertiary/aromatic N) is 3. The number of urea groups is 1. The van der Waals surface area contributed by atoms with Gasteiger partial charge in [0.05, 0.1) is 11.9 Å². The number of hydrogen-bond acceptors (Lipinski definition) is 5. The summed E-state index contributed by atoms with van der Waals surface area (Å²) in [5.41, 5.74) is 2.55. The molecule has 2 heterocycles. The van der Waals surface area contributed by atoms with Crippen molar-refractivity contribution in [2.45, 2.75) is 0 Å². The molecule has 3 N–H and O–H groups in total. The van der Waals surface area contributed by atoms with Crippen molar-refractivity contribution in [3.05, 3.63) is 48.7 Å². The van der Waals surface area contributed by atoms with Crippen molar-refractivity contribution in [1.82, 2.24) is 20.3 Å². The lowest BCUT2D eigenvalue weighted by Gasteiger charge is -2.06. The van der Waals surface area contributed by atoms with Crippen molar-refractivity contribution in [1.29, 1.82) is 0 Å². The molecule has 3 rings (SSSR count). The number of pyridine rings is 1. The second kappa shape index (κ2) is 6.69. The lowest BCUT2D eigenvalue weighted by Crippen LogP contribution is -2.33. The summed E-state index contributed by atoms with van der Waals surface area (Å²) in [5, 5.41) is 13.2. The fourth-order valence-electron chi connectivity index (χ4n) is 2.03. The van der Waals surface area contributed by atoms with Crippen molar-refractivity contribution in [2.75, 3.05) is 11.9 Å². The highest BCUT2D eigenvalue weighted by Gasteiger charge is 2.08. The number of rotatable bonds is 4. The van der Waals surface area contributed by atoms with Gasteiger partial charge in [-0.3, -0.25) is 15.1 Å². The largest absolute Gasteiger partial charge is 0.480 e. The Balaban J connectivity index is 1.84. The van der Waals surface area contributed by atoms with E-state index in [0.717, 1.165) is 5.56 Å². The summed E-state index contributed by atoms with van der Waals surface area (Å²) in [6, 6.07) is 12.1. The Morgan fingerprint density at radius 3 is 2.58 bits per heavy atom. The molecule has 8 heteroatoms. The van der Waals surface area contributed by atoms with Crippen LogP contribution in [0.4, 0.5) is 10.6 Å².